The van der Waals surface area contributed by atoms with E-state index in [1.807, 2.05) is 66.8 Å². The molecular weight excluding hydrogens is 324 g/mol. The van der Waals surface area contributed by atoms with Gasteiger partial charge in [0.1, 0.15) is 17.2 Å². The van der Waals surface area contributed by atoms with Gasteiger partial charge >= 0.3 is 0 Å². The van der Waals surface area contributed by atoms with Crippen molar-refractivity contribution in [1.82, 2.24) is 0 Å². The van der Waals surface area contributed by atoms with Crippen LogP contribution in [0.5, 0.6) is 17.2 Å². The third-order valence-electron chi connectivity index (χ3n) is 3.97. The van der Waals surface area contributed by atoms with E-state index >= 15 is 0 Å². The Balaban J connectivity index is 1.78. The Morgan fingerprint density at radius 3 is 1.62 bits per heavy atom. The minimum atomic E-state index is 0.254. The number of ether oxygens (including phenoxy) is 1. The second-order valence-electron chi connectivity index (χ2n) is 5.85. The smallest absolute Gasteiger partial charge is 0.126 e. The van der Waals surface area contributed by atoms with E-state index in [2.05, 4.69) is 0 Å². The van der Waals surface area contributed by atoms with Crippen LogP contribution in [0.2, 0.25) is 0 Å². The van der Waals surface area contributed by atoms with Gasteiger partial charge < -0.3 is 14.9 Å². The van der Waals surface area contributed by atoms with Crippen molar-refractivity contribution < 1.29 is 14.9 Å². The van der Waals surface area contributed by atoms with E-state index in [-0.39, 0.29) is 11.5 Å². The Morgan fingerprint density at radius 1 is 0.615 bits per heavy atom. The van der Waals surface area contributed by atoms with Gasteiger partial charge in [-0.2, -0.15) is 0 Å². The molecule has 0 atom stereocenters. The molecule has 3 heteroatoms. The third kappa shape index (κ3) is 4.54. The minimum Gasteiger partial charge on any atom is -0.508 e. The van der Waals surface area contributed by atoms with Crippen LogP contribution in [0.25, 0.3) is 24.3 Å². The number of hydrogen-bond donors (Lipinski definition) is 2. The predicted molar refractivity (Wildman–Crippen MR) is 107 cm³/mol. The average molecular weight is 344 g/mol. The van der Waals surface area contributed by atoms with Crippen molar-refractivity contribution in [3.8, 4) is 17.2 Å². The van der Waals surface area contributed by atoms with Crippen molar-refractivity contribution in [2.75, 3.05) is 7.11 Å². The summed E-state index contributed by atoms with van der Waals surface area (Å²) in [5.41, 5.74) is 4.01. The normalized spacial score (nSPS) is 11.3. The highest BCUT2D eigenvalue weighted by molar-refractivity contribution is 5.76. The fourth-order valence-corrected chi connectivity index (χ4v) is 2.52. The van der Waals surface area contributed by atoms with Crippen molar-refractivity contribution >= 4 is 24.3 Å². The molecule has 2 N–H and O–H groups in total. The van der Waals surface area contributed by atoms with E-state index in [1.54, 1.807) is 31.4 Å². The van der Waals surface area contributed by atoms with Crippen LogP contribution in [0.1, 0.15) is 22.3 Å². The Kier molecular flexibility index (Phi) is 5.40. The van der Waals surface area contributed by atoms with Crippen molar-refractivity contribution in [3.05, 3.63) is 89.0 Å². The van der Waals surface area contributed by atoms with E-state index in [4.69, 9.17) is 4.74 Å². The van der Waals surface area contributed by atoms with Crippen LogP contribution >= 0.6 is 0 Å². The molecule has 3 aromatic carbocycles. The molecule has 0 aliphatic carbocycles. The topological polar surface area (TPSA) is 49.7 Å². The van der Waals surface area contributed by atoms with Gasteiger partial charge in [-0.15, -0.1) is 0 Å². The van der Waals surface area contributed by atoms with Gasteiger partial charge in [-0.1, -0.05) is 60.7 Å². The van der Waals surface area contributed by atoms with Crippen molar-refractivity contribution in [2.45, 2.75) is 0 Å². The highest BCUT2D eigenvalue weighted by Gasteiger charge is 2.01. The largest absolute Gasteiger partial charge is 0.508 e. The zero-order valence-corrected chi connectivity index (χ0v) is 14.5. The number of hydrogen-bond acceptors (Lipinski definition) is 3. The first-order chi connectivity index (χ1) is 12.6. The van der Waals surface area contributed by atoms with Crippen LogP contribution in [0.3, 0.4) is 0 Å². The number of methoxy groups -OCH3 is 1. The maximum atomic E-state index is 9.34. The summed E-state index contributed by atoms with van der Waals surface area (Å²) >= 11 is 0. The second kappa shape index (κ2) is 8.08. The minimum absolute atomic E-state index is 0.254. The van der Waals surface area contributed by atoms with Gasteiger partial charge in [-0.3, -0.25) is 0 Å². The lowest BCUT2D eigenvalue weighted by Crippen LogP contribution is -1.87. The van der Waals surface area contributed by atoms with Crippen LogP contribution in [0, 0.1) is 0 Å². The molecule has 0 aliphatic heterocycles. The number of rotatable bonds is 5. The van der Waals surface area contributed by atoms with E-state index in [0.29, 0.717) is 0 Å². The summed E-state index contributed by atoms with van der Waals surface area (Å²) in [6.45, 7) is 0. The Labute approximate surface area is 153 Å². The van der Waals surface area contributed by atoms with Crippen LogP contribution < -0.4 is 4.74 Å². The van der Waals surface area contributed by atoms with Gasteiger partial charge in [-0.05, 0) is 47.0 Å². The van der Waals surface area contributed by atoms with Crippen LogP contribution in [-0.4, -0.2) is 17.3 Å². The lowest BCUT2D eigenvalue weighted by Gasteiger charge is -2.06. The number of aromatic hydroxyl groups is 2. The third-order valence-corrected chi connectivity index (χ3v) is 3.97. The molecule has 0 saturated heterocycles. The first-order valence-electron chi connectivity index (χ1n) is 8.26. The zero-order valence-electron chi connectivity index (χ0n) is 14.5. The Hall–Kier alpha value is -3.46. The summed E-state index contributed by atoms with van der Waals surface area (Å²) < 4.78 is 5.50. The molecule has 0 heterocycles. The van der Waals surface area contributed by atoms with Gasteiger partial charge in [0.2, 0.25) is 0 Å². The fourth-order valence-electron chi connectivity index (χ4n) is 2.52. The van der Waals surface area contributed by atoms with E-state index in [9.17, 15) is 10.2 Å². The monoisotopic (exact) mass is 344 g/mol. The SMILES string of the molecule is COc1cc(C=Cc2ccc(O)cc2)ccc1C=Cc1ccc(O)cc1. The summed E-state index contributed by atoms with van der Waals surface area (Å²) in [6, 6.07) is 20.1. The number of benzene rings is 3. The van der Waals surface area contributed by atoms with Crippen LogP contribution in [0.15, 0.2) is 66.7 Å². The first-order valence-corrected chi connectivity index (χ1v) is 8.26. The molecule has 3 aromatic rings. The molecule has 0 bridgehead atoms. The van der Waals surface area contributed by atoms with Gasteiger partial charge in [0.15, 0.2) is 0 Å². The standard InChI is InChI=1S/C23H20O3/c1-26-23-16-19(3-2-17-6-12-21(24)13-7-17)5-11-20(23)10-4-18-8-14-22(25)15-9-18/h2-16,24-25H,1H3. The first kappa shape index (κ1) is 17.4. The predicted octanol–water partition coefficient (Wildman–Crippen LogP) is 5.45. The average Bonchev–Trinajstić information content (AvgIpc) is 2.67. The highest BCUT2D eigenvalue weighted by atomic mass is 16.5. The summed E-state index contributed by atoms with van der Waals surface area (Å²) in [5, 5.41) is 18.7. The Morgan fingerprint density at radius 2 is 1.08 bits per heavy atom. The number of phenolic OH excluding ortho intramolecular Hbond substituents is 2. The van der Waals surface area contributed by atoms with Crippen molar-refractivity contribution in [2.24, 2.45) is 0 Å². The summed E-state index contributed by atoms with van der Waals surface area (Å²) in [4.78, 5) is 0. The van der Waals surface area contributed by atoms with E-state index in [0.717, 1.165) is 28.0 Å². The van der Waals surface area contributed by atoms with Gasteiger partial charge in [0.05, 0.1) is 7.11 Å². The zero-order chi connectivity index (χ0) is 18.4. The van der Waals surface area contributed by atoms with Crippen LogP contribution in [0.4, 0.5) is 0 Å². The molecule has 0 radical (unpaired) electrons. The maximum Gasteiger partial charge on any atom is 0.126 e. The summed E-state index contributed by atoms with van der Waals surface area (Å²) in [5.74, 6) is 1.30. The van der Waals surface area contributed by atoms with Gasteiger partial charge in [-0.25, -0.2) is 0 Å². The molecule has 0 saturated carbocycles. The van der Waals surface area contributed by atoms with E-state index in [1.165, 1.54) is 0 Å². The quantitative estimate of drug-likeness (QED) is 0.605. The van der Waals surface area contributed by atoms with Gasteiger partial charge in [0.25, 0.3) is 0 Å². The Bertz CT molecular complexity index is 921. The maximum absolute atomic E-state index is 9.34. The van der Waals surface area contributed by atoms with Crippen LogP contribution in [-0.2, 0) is 0 Å². The molecule has 0 spiro atoms. The summed E-state index contributed by atoms with van der Waals surface area (Å²) in [6.07, 6.45) is 7.95. The summed E-state index contributed by atoms with van der Waals surface area (Å²) in [7, 11) is 1.65. The molecule has 3 rings (SSSR count). The molecule has 130 valence electrons. The van der Waals surface area contributed by atoms with Crippen molar-refractivity contribution in [3.63, 3.8) is 0 Å². The lowest BCUT2D eigenvalue weighted by atomic mass is 10.1. The van der Waals surface area contributed by atoms with Crippen molar-refractivity contribution in [1.29, 1.82) is 0 Å². The molecule has 0 fully saturated rings. The molecular formula is C23H20O3. The molecule has 0 aliphatic rings. The lowest BCUT2D eigenvalue weighted by molar-refractivity contribution is 0.414. The molecule has 3 nitrogen and oxygen atoms in total. The molecule has 0 unspecified atom stereocenters. The number of phenols is 2. The highest BCUT2D eigenvalue weighted by Crippen LogP contribution is 2.24. The molecule has 0 aromatic heterocycles. The molecule has 0 amide bonds. The fraction of sp³-hybridized carbons (Fsp3) is 0.0435. The molecule has 26 heavy (non-hydrogen) atoms. The van der Waals surface area contributed by atoms with Gasteiger partial charge in [0, 0.05) is 5.56 Å². The second-order valence-corrected chi connectivity index (χ2v) is 5.85. The van der Waals surface area contributed by atoms with E-state index < -0.39 is 0 Å².